The molecule has 124 valence electrons. The summed E-state index contributed by atoms with van der Waals surface area (Å²) in [7, 11) is 1.92. The summed E-state index contributed by atoms with van der Waals surface area (Å²) in [6.07, 6.45) is 6.35. The Morgan fingerprint density at radius 3 is 2.74 bits per heavy atom. The number of aryl methyl sites for hydroxylation is 1. The van der Waals surface area contributed by atoms with Gasteiger partial charge in [-0.05, 0) is 31.9 Å². The number of nitrogens with zero attached hydrogens (tertiary/aromatic N) is 2. The van der Waals surface area contributed by atoms with E-state index in [0.717, 1.165) is 23.9 Å². The van der Waals surface area contributed by atoms with Crippen molar-refractivity contribution in [3.8, 4) is 0 Å². The predicted molar refractivity (Wildman–Crippen MR) is 87.3 cm³/mol. The predicted octanol–water partition coefficient (Wildman–Crippen LogP) is 2.22. The van der Waals surface area contributed by atoms with Crippen LogP contribution in [-0.4, -0.2) is 33.7 Å². The number of aromatic nitrogens is 2. The SMILES string of the molecule is CCOC(=O)c1cc2c(ccn2C)n1CC(=O)NC1CCCC1. The Balaban J connectivity index is 1.86. The minimum absolute atomic E-state index is 0.0520. The van der Waals surface area contributed by atoms with E-state index in [1.54, 1.807) is 17.6 Å². The van der Waals surface area contributed by atoms with Crippen molar-refractivity contribution < 1.29 is 14.3 Å². The third-order valence-corrected chi connectivity index (χ3v) is 4.46. The molecule has 3 rings (SSSR count). The number of fused-ring (bicyclic) bond motifs is 1. The summed E-state index contributed by atoms with van der Waals surface area (Å²) in [6, 6.07) is 3.98. The van der Waals surface area contributed by atoms with Gasteiger partial charge in [0, 0.05) is 19.3 Å². The van der Waals surface area contributed by atoms with E-state index in [2.05, 4.69) is 5.32 Å². The fraction of sp³-hybridized carbons (Fsp3) is 0.529. The molecule has 2 aromatic rings. The standard InChI is InChI=1S/C17H23N3O3/c1-3-23-17(22)15-10-14-13(8-9-19(14)2)20(15)11-16(21)18-12-6-4-5-7-12/h8-10,12H,3-7,11H2,1-2H3,(H,18,21). The monoisotopic (exact) mass is 317 g/mol. The van der Waals surface area contributed by atoms with Crippen LogP contribution in [0.5, 0.6) is 0 Å². The van der Waals surface area contributed by atoms with Crippen LogP contribution in [0.1, 0.15) is 43.1 Å². The number of hydrogen-bond donors (Lipinski definition) is 1. The van der Waals surface area contributed by atoms with Gasteiger partial charge in [-0.15, -0.1) is 0 Å². The highest BCUT2D eigenvalue weighted by molar-refractivity contribution is 5.96. The van der Waals surface area contributed by atoms with Gasteiger partial charge < -0.3 is 19.2 Å². The molecule has 1 saturated carbocycles. The molecule has 0 radical (unpaired) electrons. The Bertz CT molecular complexity index is 723. The van der Waals surface area contributed by atoms with E-state index >= 15 is 0 Å². The first kappa shape index (κ1) is 15.6. The maximum atomic E-state index is 12.4. The summed E-state index contributed by atoms with van der Waals surface area (Å²) in [4.78, 5) is 24.5. The molecule has 1 aliphatic carbocycles. The number of carbonyl (C=O) groups excluding carboxylic acids is 2. The number of ether oxygens (including phenoxy) is 1. The number of nitrogens with one attached hydrogen (secondary N) is 1. The zero-order chi connectivity index (χ0) is 16.4. The van der Waals surface area contributed by atoms with Gasteiger partial charge in [0.15, 0.2) is 0 Å². The molecule has 6 nitrogen and oxygen atoms in total. The molecule has 1 aliphatic rings. The molecule has 0 unspecified atom stereocenters. The van der Waals surface area contributed by atoms with Gasteiger partial charge in [0.2, 0.25) is 5.91 Å². The van der Waals surface area contributed by atoms with Crippen molar-refractivity contribution in [3.63, 3.8) is 0 Å². The van der Waals surface area contributed by atoms with E-state index in [4.69, 9.17) is 4.74 Å². The number of esters is 1. The van der Waals surface area contributed by atoms with Crippen molar-refractivity contribution in [2.24, 2.45) is 7.05 Å². The highest BCUT2D eigenvalue weighted by Gasteiger charge is 2.22. The molecule has 1 fully saturated rings. The van der Waals surface area contributed by atoms with E-state index < -0.39 is 5.97 Å². The summed E-state index contributed by atoms with van der Waals surface area (Å²) in [6.45, 7) is 2.23. The van der Waals surface area contributed by atoms with E-state index in [1.165, 1.54) is 12.8 Å². The molecule has 0 atom stereocenters. The summed E-state index contributed by atoms with van der Waals surface area (Å²) in [5, 5.41) is 3.07. The molecular weight excluding hydrogens is 294 g/mol. The van der Waals surface area contributed by atoms with Crippen molar-refractivity contribution in [2.45, 2.75) is 45.2 Å². The Morgan fingerprint density at radius 2 is 2.04 bits per heavy atom. The molecule has 0 aliphatic heterocycles. The lowest BCUT2D eigenvalue weighted by atomic mass is 10.2. The average Bonchev–Trinajstić information content (AvgIpc) is 3.20. The molecular formula is C17H23N3O3. The highest BCUT2D eigenvalue weighted by atomic mass is 16.5. The lowest BCUT2D eigenvalue weighted by Crippen LogP contribution is -2.35. The van der Waals surface area contributed by atoms with Crippen molar-refractivity contribution in [2.75, 3.05) is 6.61 Å². The highest BCUT2D eigenvalue weighted by Crippen LogP contribution is 2.22. The number of hydrogen-bond acceptors (Lipinski definition) is 3. The molecule has 2 heterocycles. The van der Waals surface area contributed by atoms with Crippen LogP contribution in [0.25, 0.3) is 11.0 Å². The van der Waals surface area contributed by atoms with Crippen molar-refractivity contribution >= 4 is 22.9 Å². The maximum absolute atomic E-state index is 12.4. The first-order valence-corrected chi connectivity index (χ1v) is 8.21. The van der Waals surface area contributed by atoms with Gasteiger partial charge in [0.25, 0.3) is 0 Å². The number of amides is 1. The molecule has 23 heavy (non-hydrogen) atoms. The smallest absolute Gasteiger partial charge is 0.355 e. The molecule has 0 spiro atoms. The zero-order valence-electron chi connectivity index (χ0n) is 13.7. The van der Waals surface area contributed by atoms with Crippen LogP contribution in [0.15, 0.2) is 18.3 Å². The van der Waals surface area contributed by atoms with Gasteiger partial charge in [-0.25, -0.2) is 4.79 Å². The van der Waals surface area contributed by atoms with Crippen molar-refractivity contribution in [1.29, 1.82) is 0 Å². The minimum atomic E-state index is -0.391. The Kier molecular flexibility index (Phi) is 4.41. The zero-order valence-corrected chi connectivity index (χ0v) is 13.7. The molecule has 0 aromatic carbocycles. The molecule has 1 N–H and O–H groups in total. The van der Waals surface area contributed by atoms with Gasteiger partial charge in [-0.3, -0.25) is 4.79 Å². The second kappa shape index (κ2) is 6.48. The summed E-state index contributed by atoms with van der Waals surface area (Å²) in [5.41, 5.74) is 2.22. The van der Waals surface area contributed by atoms with E-state index in [9.17, 15) is 9.59 Å². The van der Waals surface area contributed by atoms with Crippen LogP contribution < -0.4 is 5.32 Å². The van der Waals surface area contributed by atoms with Gasteiger partial charge in [-0.1, -0.05) is 12.8 Å². The Hall–Kier alpha value is -2.24. The molecule has 0 saturated heterocycles. The van der Waals surface area contributed by atoms with E-state index in [0.29, 0.717) is 12.3 Å². The van der Waals surface area contributed by atoms with Crippen LogP contribution in [0.3, 0.4) is 0 Å². The van der Waals surface area contributed by atoms with Gasteiger partial charge >= 0.3 is 5.97 Å². The molecule has 0 bridgehead atoms. The van der Waals surface area contributed by atoms with Crippen molar-refractivity contribution in [1.82, 2.24) is 14.5 Å². The normalized spacial score (nSPS) is 15.2. The van der Waals surface area contributed by atoms with Crippen LogP contribution in [0.2, 0.25) is 0 Å². The fourth-order valence-electron chi connectivity index (χ4n) is 3.30. The summed E-state index contributed by atoms with van der Waals surface area (Å²) in [5.74, 6) is -0.443. The largest absolute Gasteiger partial charge is 0.461 e. The fourth-order valence-corrected chi connectivity index (χ4v) is 3.30. The van der Waals surface area contributed by atoms with E-state index in [1.807, 2.05) is 23.9 Å². The number of carbonyl (C=O) groups is 2. The second-order valence-corrected chi connectivity index (χ2v) is 6.08. The molecule has 1 amide bonds. The first-order chi connectivity index (χ1) is 11.1. The second-order valence-electron chi connectivity index (χ2n) is 6.08. The summed E-state index contributed by atoms with van der Waals surface area (Å²) >= 11 is 0. The van der Waals surface area contributed by atoms with Crippen LogP contribution in [0.4, 0.5) is 0 Å². The summed E-state index contributed by atoms with van der Waals surface area (Å²) < 4.78 is 8.80. The third-order valence-electron chi connectivity index (χ3n) is 4.46. The third kappa shape index (κ3) is 3.11. The Morgan fingerprint density at radius 1 is 1.30 bits per heavy atom. The van der Waals surface area contributed by atoms with Crippen LogP contribution >= 0.6 is 0 Å². The van der Waals surface area contributed by atoms with E-state index in [-0.39, 0.29) is 18.5 Å². The maximum Gasteiger partial charge on any atom is 0.355 e. The first-order valence-electron chi connectivity index (χ1n) is 8.21. The topological polar surface area (TPSA) is 65.3 Å². The number of rotatable bonds is 5. The molecule has 2 aromatic heterocycles. The van der Waals surface area contributed by atoms with Gasteiger partial charge in [0.05, 0.1) is 17.6 Å². The quantitative estimate of drug-likeness (QED) is 0.860. The van der Waals surface area contributed by atoms with Crippen LogP contribution in [-0.2, 0) is 23.1 Å². The van der Waals surface area contributed by atoms with Crippen molar-refractivity contribution in [3.05, 3.63) is 24.0 Å². The van der Waals surface area contributed by atoms with Gasteiger partial charge in [-0.2, -0.15) is 0 Å². The minimum Gasteiger partial charge on any atom is -0.461 e. The van der Waals surface area contributed by atoms with Crippen LogP contribution in [0, 0.1) is 0 Å². The average molecular weight is 317 g/mol. The molecule has 6 heteroatoms. The lowest BCUT2D eigenvalue weighted by molar-refractivity contribution is -0.122. The van der Waals surface area contributed by atoms with Gasteiger partial charge in [0.1, 0.15) is 12.2 Å². The lowest BCUT2D eigenvalue weighted by Gasteiger charge is -2.14. The Labute approximate surface area is 135 Å².